The van der Waals surface area contributed by atoms with Crippen LogP contribution in [0.5, 0.6) is 11.5 Å². The van der Waals surface area contributed by atoms with Crippen LogP contribution in [-0.4, -0.2) is 60.3 Å². The van der Waals surface area contributed by atoms with Crippen LogP contribution in [0.2, 0.25) is 15.1 Å². The lowest BCUT2D eigenvalue weighted by Crippen LogP contribution is -2.43. The van der Waals surface area contributed by atoms with Gasteiger partial charge in [-0.25, -0.2) is 8.42 Å². The first-order valence-electron chi connectivity index (χ1n) is 14.5. The van der Waals surface area contributed by atoms with Gasteiger partial charge in [0.25, 0.3) is 5.69 Å². The molecule has 0 saturated carbocycles. The maximum absolute atomic E-state index is 13.5. The number of ether oxygens (including phenoxy) is 1. The minimum Gasteiger partial charge on any atom is -0.453 e. The third-order valence-electron chi connectivity index (χ3n) is 8.69. The van der Waals surface area contributed by atoms with Crippen LogP contribution >= 0.6 is 34.8 Å². The van der Waals surface area contributed by atoms with Crippen LogP contribution < -0.4 is 4.74 Å². The molecule has 13 heteroatoms. The minimum absolute atomic E-state index is 0.00945. The van der Waals surface area contributed by atoms with Gasteiger partial charge >= 0.3 is 0 Å². The molecule has 6 rings (SSSR count). The van der Waals surface area contributed by atoms with E-state index in [-0.39, 0.29) is 37.1 Å². The highest BCUT2D eigenvalue weighted by molar-refractivity contribution is 7.89. The van der Waals surface area contributed by atoms with E-state index in [1.165, 1.54) is 45.0 Å². The summed E-state index contributed by atoms with van der Waals surface area (Å²) < 4.78 is 34.3. The first kappa shape index (κ1) is 31.1. The van der Waals surface area contributed by atoms with Gasteiger partial charge in [-0.3, -0.25) is 10.1 Å². The number of aromatic nitrogens is 1. The third-order valence-corrected chi connectivity index (χ3v) is 11.4. The van der Waals surface area contributed by atoms with Crippen LogP contribution in [0.1, 0.15) is 37.2 Å². The van der Waals surface area contributed by atoms with Crippen molar-refractivity contribution in [3.05, 3.63) is 91.5 Å². The molecule has 2 aliphatic rings. The fraction of sp³-hybridized carbons (Fsp3) is 0.355. The van der Waals surface area contributed by atoms with Gasteiger partial charge in [-0.1, -0.05) is 53.0 Å². The van der Waals surface area contributed by atoms with Gasteiger partial charge in [-0.2, -0.15) is 4.31 Å². The molecule has 2 aliphatic heterocycles. The van der Waals surface area contributed by atoms with Gasteiger partial charge in [0, 0.05) is 48.9 Å². The summed E-state index contributed by atoms with van der Waals surface area (Å²) in [4.78, 5) is 16.3. The summed E-state index contributed by atoms with van der Waals surface area (Å²) in [6.45, 7) is 3.90. The van der Waals surface area contributed by atoms with Crippen molar-refractivity contribution in [3.63, 3.8) is 0 Å². The van der Waals surface area contributed by atoms with Gasteiger partial charge in [0.1, 0.15) is 5.75 Å². The quantitative estimate of drug-likeness (QED) is 0.149. The zero-order valence-corrected chi connectivity index (χ0v) is 26.8. The van der Waals surface area contributed by atoms with Gasteiger partial charge in [0.15, 0.2) is 5.75 Å². The Morgan fingerprint density at radius 1 is 0.909 bits per heavy atom. The van der Waals surface area contributed by atoms with Gasteiger partial charge in [-0.05, 0) is 80.4 Å². The number of fused-ring (bicyclic) bond motifs is 1. The number of non-ortho nitro benzene ring substituents is 1. The van der Waals surface area contributed by atoms with Crippen molar-refractivity contribution in [3.8, 4) is 11.5 Å². The first-order chi connectivity index (χ1) is 21.1. The molecule has 9 nitrogen and oxygen atoms in total. The van der Waals surface area contributed by atoms with Crippen molar-refractivity contribution in [2.75, 3.05) is 32.7 Å². The standard InChI is InChI=1S/C31H31Cl3N4O5S/c32-26-15-22(38(39)40)5-6-30(26)43-31-27(33)16-23(17-28(31)34)44(41,42)37-13-7-20(8-14-37)19-36-11-9-21(10-12-36)25-18-35-29-4-2-1-3-24(25)29/h1-6,15-18,20-21,35H,7-14,19H2. The van der Waals surface area contributed by atoms with Crippen molar-refractivity contribution in [1.82, 2.24) is 14.2 Å². The Morgan fingerprint density at radius 3 is 2.25 bits per heavy atom. The van der Waals surface area contributed by atoms with E-state index in [1.807, 2.05) is 0 Å². The Kier molecular flexibility index (Phi) is 9.10. The lowest BCUT2D eigenvalue weighted by Gasteiger charge is -2.37. The number of H-pyrrole nitrogens is 1. The number of piperidine rings is 2. The number of nitrogens with one attached hydrogen (secondary N) is 1. The number of hydrogen-bond donors (Lipinski definition) is 1. The summed E-state index contributed by atoms with van der Waals surface area (Å²) in [7, 11) is -3.84. The van der Waals surface area contributed by atoms with Crippen LogP contribution in [0.15, 0.2) is 65.7 Å². The van der Waals surface area contributed by atoms with E-state index in [0.29, 0.717) is 24.9 Å². The number of aromatic amines is 1. The Bertz CT molecular complexity index is 1780. The van der Waals surface area contributed by atoms with Gasteiger partial charge in [0.05, 0.1) is 24.9 Å². The number of hydrogen-bond acceptors (Lipinski definition) is 6. The molecule has 0 atom stereocenters. The Balaban J connectivity index is 1.04. The first-order valence-corrected chi connectivity index (χ1v) is 17.1. The predicted molar refractivity (Wildman–Crippen MR) is 173 cm³/mol. The van der Waals surface area contributed by atoms with E-state index in [1.54, 1.807) is 0 Å². The van der Waals surface area contributed by atoms with E-state index in [9.17, 15) is 18.5 Å². The third kappa shape index (κ3) is 6.42. The molecule has 0 radical (unpaired) electrons. The molecule has 0 bridgehead atoms. The molecule has 0 amide bonds. The van der Waals surface area contributed by atoms with Crippen molar-refractivity contribution < 1.29 is 18.1 Å². The number of likely N-dealkylation sites (tertiary alicyclic amines) is 1. The van der Waals surface area contributed by atoms with Crippen LogP contribution in [0, 0.1) is 16.0 Å². The number of nitro benzene ring substituents is 1. The Morgan fingerprint density at radius 2 is 1.59 bits per heavy atom. The molecule has 0 aliphatic carbocycles. The molecule has 3 heterocycles. The fourth-order valence-electron chi connectivity index (χ4n) is 6.28. The van der Waals surface area contributed by atoms with Crippen molar-refractivity contribution in [2.24, 2.45) is 5.92 Å². The molecule has 4 aromatic rings. The lowest BCUT2D eigenvalue weighted by atomic mass is 9.88. The summed E-state index contributed by atoms with van der Waals surface area (Å²) in [5.74, 6) is 1.09. The van der Waals surface area contributed by atoms with Crippen molar-refractivity contribution in [2.45, 2.75) is 36.5 Å². The second kappa shape index (κ2) is 12.9. The number of nitro groups is 1. The van der Waals surface area contributed by atoms with Crippen LogP contribution in [-0.2, 0) is 10.0 Å². The summed E-state index contributed by atoms with van der Waals surface area (Å²) in [6.07, 6.45) is 5.96. The maximum Gasteiger partial charge on any atom is 0.271 e. The highest BCUT2D eigenvalue weighted by Crippen LogP contribution is 2.42. The summed E-state index contributed by atoms with van der Waals surface area (Å²) in [6, 6.07) is 14.8. The SMILES string of the molecule is O=[N+]([O-])c1ccc(Oc2c(Cl)cc(S(=O)(=O)N3CCC(CN4CCC(c5c[nH]c6ccccc56)CC4)CC3)cc2Cl)c(Cl)c1. The fourth-order valence-corrected chi connectivity index (χ4v) is 8.71. The second-order valence-electron chi connectivity index (χ2n) is 11.4. The molecular formula is C31H31Cl3N4O5S. The molecule has 0 unspecified atom stereocenters. The molecule has 2 fully saturated rings. The van der Waals surface area contributed by atoms with Gasteiger partial charge in [-0.15, -0.1) is 0 Å². The smallest absolute Gasteiger partial charge is 0.271 e. The van der Waals surface area contributed by atoms with Crippen molar-refractivity contribution >= 4 is 61.4 Å². The highest BCUT2D eigenvalue weighted by Gasteiger charge is 2.32. The molecule has 1 N–H and O–H groups in total. The monoisotopic (exact) mass is 676 g/mol. The summed E-state index contributed by atoms with van der Waals surface area (Å²) >= 11 is 19.0. The Hall–Kier alpha value is -2.86. The highest BCUT2D eigenvalue weighted by atomic mass is 35.5. The second-order valence-corrected chi connectivity index (χ2v) is 14.6. The number of sulfonamides is 1. The van der Waals surface area contributed by atoms with Gasteiger partial charge < -0.3 is 14.6 Å². The van der Waals surface area contributed by atoms with Crippen molar-refractivity contribution in [1.29, 1.82) is 0 Å². The molecular weight excluding hydrogens is 647 g/mol. The number of para-hydroxylation sites is 1. The largest absolute Gasteiger partial charge is 0.453 e. The average molecular weight is 678 g/mol. The molecule has 232 valence electrons. The topological polar surface area (TPSA) is 109 Å². The van der Waals surface area contributed by atoms with Gasteiger partial charge in [0.2, 0.25) is 10.0 Å². The lowest BCUT2D eigenvalue weighted by molar-refractivity contribution is -0.384. The van der Waals surface area contributed by atoms with E-state index in [4.69, 9.17) is 39.5 Å². The van der Waals surface area contributed by atoms with Crippen LogP contribution in [0.3, 0.4) is 0 Å². The number of nitrogens with zero attached hydrogens (tertiary/aromatic N) is 3. The number of rotatable bonds is 8. The average Bonchev–Trinajstić information content (AvgIpc) is 3.44. The normalized spacial score (nSPS) is 17.7. The van der Waals surface area contributed by atoms with E-state index < -0.39 is 14.9 Å². The Labute approximate surface area is 270 Å². The summed E-state index contributed by atoms with van der Waals surface area (Å²) in [5, 5.41) is 12.3. The van der Waals surface area contributed by atoms with Crippen LogP contribution in [0.25, 0.3) is 10.9 Å². The maximum atomic E-state index is 13.5. The predicted octanol–water partition coefficient (Wildman–Crippen LogP) is 8.11. The zero-order valence-electron chi connectivity index (χ0n) is 23.7. The molecule has 3 aromatic carbocycles. The van der Waals surface area contributed by atoms with Crippen LogP contribution in [0.4, 0.5) is 5.69 Å². The summed E-state index contributed by atoms with van der Waals surface area (Å²) in [5.41, 5.74) is 2.40. The number of benzene rings is 3. The zero-order chi connectivity index (χ0) is 31.0. The molecule has 44 heavy (non-hydrogen) atoms. The number of halogens is 3. The molecule has 0 spiro atoms. The minimum atomic E-state index is -3.84. The van der Waals surface area contributed by atoms with E-state index in [2.05, 4.69) is 40.3 Å². The molecule has 1 aromatic heterocycles. The van der Waals surface area contributed by atoms with E-state index >= 15 is 0 Å². The molecule has 2 saturated heterocycles. The van der Waals surface area contributed by atoms with E-state index in [0.717, 1.165) is 51.4 Å².